The van der Waals surface area contributed by atoms with Crippen molar-refractivity contribution in [3.8, 4) is 0 Å². The summed E-state index contributed by atoms with van der Waals surface area (Å²) in [6.45, 7) is 4.64. The minimum atomic E-state index is -3.02. The van der Waals surface area contributed by atoms with Gasteiger partial charge in [0.2, 0.25) is 0 Å². The molecule has 0 aromatic heterocycles. The van der Waals surface area contributed by atoms with Crippen LogP contribution < -0.4 is 5.32 Å². The number of nitrogens with zero attached hydrogens (tertiary/aromatic N) is 1. The zero-order valence-electron chi connectivity index (χ0n) is 13.7. The second-order valence-electron chi connectivity index (χ2n) is 6.94. The molecule has 9 heteroatoms. The maximum Gasteiger partial charge on any atom is 0.169 e. The van der Waals surface area contributed by atoms with E-state index in [2.05, 4.69) is 12.2 Å². The molecule has 1 N–H and O–H groups in total. The monoisotopic (exact) mass is 382 g/mol. The van der Waals surface area contributed by atoms with Crippen molar-refractivity contribution in [1.82, 2.24) is 10.2 Å². The Hall–Kier alpha value is -0.410. The van der Waals surface area contributed by atoms with Gasteiger partial charge >= 0.3 is 0 Å². The Balaban J connectivity index is 2.08. The highest BCUT2D eigenvalue weighted by atomic mass is 32.2. The van der Waals surface area contributed by atoms with Gasteiger partial charge in [-0.2, -0.15) is 0 Å². The molecule has 6 nitrogen and oxygen atoms in total. The van der Waals surface area contributed by atoms with Gasteiger partial charge in [0, 0.05) is 12.6 Å². The van der Waals surface area contributed by atoms with Gasteiger partial charge in [0.05, 0.1) is 28.6 Å². The third kappa shape index (κ3) is 5.03. The van der Waals surface area contributed by atoms with Crippen LogP contribution >= 0.6 is 12.2 Å². The summed E-state index contributed by atoms with van der Waals surface area (Å²) in [5, 5.41) is 3.69. The quantitative estimate of drug-likeness (QED) is 0.702. The molecule has 2 aliphatic rings. The van der Waals surface area contributed by atoms with Crippen LogP contribution in [0.1, 0.15) is 39.5 Å². The van der Waals surface area contributed by atoms with Crippen molar-refractivity contribution in [2.24, 2.45) is 0 Å². The van der Waals surface area contributed by atoms with Crippen molar-refractivity contribution in [2.45, 2.75) is 51.1 Å². The summed E-state index contributed by atoms with van der Waals surface area (Å²) in [4.78, 5) is 1.96. The molecule has 0 aliphatic carbocycles. The van der Waals surface area contributed by atoms with E-state index in [1.165, 1.54) is 0 Å². The van der Waals surface area contributed by atoms with Gasteiger partial charge in [-0.3, -0.25) is 0 Å². The maximum absolute atomic E-state index is 11.8. The lowest BCUT2D eigenvalue weighted by Crippen LogP contribution is -2.55. The Morgan fingerprint density at radius 1 is 1.26 bits per heavy atom. The zero-order valence-corrected chi connectivity index (χ0v) is 16.2. The first kappa shape index (κ1) is 18.9. The van der Waals surface area contributed by atoms with E-state index in [-0.39, 0.29) is 29.1 Å². The molecular formula is C14H26N2O4S3. The van der Waals surface area contributed by atoms with Crippen LogP contribution in [0.15, 0.2) is 0 Å². The van der Waals surface area contributed by atoms with Crippen LogP contribution in [0.5, 0.6) is 0 Å². The summed E-state index contributed by atoms with van der Waals surface area (Å²) < 4.78 is 47.0. The third-order valence-corrected chi connectivity index (χ3v) is 8.56. The number of hydrogen-bond acceptors (Lipinski definition) is 5. The third-order valence-electron chi connectivity index (χ3n) is 4.57. The molecule has 23 heavy (non-hydrogen) atoms. The summed E-state index contributed by atoms with van der Waals surface area (Å²) in [5.74, 6) is 0.582. The van der Waals surface area contributed by atoms with E-state index in [1.54, 1.807) is 0 Å². The minimum Gasteiger partial charge on any atom is -0.356 e. The van der Waals surface area contributed by atoms with E-state index in [0.717, 1.165) is 12.8 Å². The standard InChI is InChI=1S/C14H26N2O4S3/c1-3-4-7-16(12-5-8-22(17,18)10-12)13(21)15-14(2)6-9-23(19,20)11-14/h12H,3-11H2,1-2H3,(H,15,21). The topological polar surface area (TPSA) is 83.6 Å². The second-order valence-corrected chi connectivity index (χ2v) is 11.7. The SMILES string of the molecule is CCCCN(C(=S)NC1(C)CCS(=O)(=O)C1)C1CCS(=O)(=O)C1. The highest BCUT2D eigenvalue weighted by molar-refractivity contribution is 7.92. The molecule has 2 atom stereocenters. The molecular weight excluding hydrogens is 356 g/mol. The lowest BCUT2D eigenvalue weighted by molar-refractivity contribution is 0.311. The highest BCUT2D eigenvalue weighted by Crippen LogP contribution is 2.25. The summed E-state index contributed by atoms with van der Waals surface area (Å²) in [6.07, 6.45) is 3.03. The van der Waals surface area contributed by atoms with E-state index in [0.29, 0.717) is 24.5 Å². The van der Waals surface area contributed by atoms with Crippen LogP contribution in [0.4, 0.5) is 0 Å². The largest absolute Gasteiger partial charge is 0.356 e. The van der Waals surface area contributed by atoms with Crippen LogP contribution in [0.2, 0.25) is 0 Å². The molecule has 2 rings (SSSR count). The van der Waals surface area contributed by atoms with Crippen LogP contribution in [0.3, 0.4) is 0 Å². The maximum atomic E-state index is 11.8. The molecule has 134 valence electrons. The Morgan fingerprint density at radius 2 is 1.96 bits per heavy atom. The van der Waals surface area contributed by atoms with Crippen LogP contribution in [0, 0.1) is 0 Å². The van der Waals surface area contributed by atoms with Gasteiger partial charge in [-0.1, -0.05) is 13.3 Å². The Bertz CT molecular complexity index is 660. The van der Waals surface area contributed by atoms with Crippen molar-refractivity contribution < 1.29 is 16.8 Å². The summed E-state index contributed by atoms with van der Waals surface area (Å²) in [6, 6.07) is -0.104. The number of nitrogens with one attached hydrogen (secondary N) is 1. The summed E-state index contributed by atoms with van der Waals surface area (Å²) >= 11 is 5.51. The molecule has 2 heterocycles. The number of rotatable bonds is 5. The van der Waals surface area contributed by atoms with E-state index < -0.39 is 25.2 Å². The van der Waals surface area contributed by atoms with Gasteiger partial charge in [0.1, 0.15) is 0 Å². The Labute approximate surface area is 144 Å². The van der Waals surface area contributed by atoms with E-state index in [9.17, 15) is 16.8 Å². The van der Waals surface area contributed by atoms with Crippen molar-refractivity contribution in [3.05, 3.63) is 0 Å². The molecule has 2 saturated heterocycles. The van der Waals surface area contributed by atoms with Crippen molar-refractivity contribution in [3.63, 3.8) is 0 Å². The second kappa shape index (κ2) is 6.84. The molecule has 0 spiro atoms. The number of sulfone groups is 2. The smallest absolute Gasteiger partial charge is 0.169 e. The fourth-order valence-electron chi connectivity index (χ4n) is 3.24. The zero-order chi connectivity index (χ0) is 17.3. The predicted octanol–water partition coefficient (Wildman–Crippen LogP) is 0.727. The van der Waals surface area contributed by atoms with Crippen molar-refractivity contribution >= 4 is 37.0 Å². The average molecular weight is 383 g/mol. The Morgan fingerprint density at radius 3 is 2.43 bits per heavy atom. The lowest BCUT2D eigenvalue weighted by Gasteiger charge is -2.35. The van der Waals surface area contributed by atoms with Crippen LogP contribution in [-0.2, 0) is 19.7 Å². The lowest BCUT2D eigenvalue weighted by atomic mass is 10.0. The molecule has 2 fully saturated rings. The minimum absolute atomic E-state index is 0.0741. The van der Waals surface area contributed by atoms with E-state index in [4.69, 9.17) is 12.2 Å². The van der Waals surface area contributed by atoms with Gasteiger partial charge < -0.3 is 10.2 Å². The van der Waals surface area contributed by atoms with Crippen molar-refractivity contribution in [2.75, 3.05) is 29.6 Å². The molecule has 0 radical (unpaired) electrons. The van der Waals surface area contributed by atoms with Crippen molar-refractivity contribution in [1.29, 1.82) is 0 Å². The fourth-order valence-corrected chi connectivity index (χ4v) is 7.55. The van der Waals surface area contributed by atoms with Crippen LogP contribution in [0.25, 0.3) is 0 Å². The van der Waals surface area contributed by atoms with Gasteiger partial charge in [-0.25, -0.2) is 16.8 Å². The highest BCUT2D eigenvalue weighted by Gasteiger charge is 2.40. The molecule has 0 aromatic rings. The average Bonchev–Trinajstić information content (AvgIpc) is 2.89. The molecule has 0 amide bonds. The number of hydrogen-bond donors (Lipinski definition) is 1. The van der Waals surface area contributed by atoms with Crippen LogP contribution in [-0.4, -0.2) is 68.0 Å². The molecule has 2 unspecified atom stereocenters. The summed E-state index contributed by atoms with van der Waals surface area (Å²) in [5.41, 5.74) is -0.558. The molecule has 0 saturated carbocycles. The van der Waals surface area contributed by atoms with Gasteiger partial charge in [-0.05, 0) is 38.4 Å². The van der Waals surface area contributed by atoms with Gasteiger partial charge in [0.15, 0.2) is 24.8 Å². The predicted molar refractivity (Wildman–Crippen MR) is 96.1 cm³/mol. The number of unbranched alkanes of at least 4 members (excludes halogenated alkanes) is 1. The van der Waals surface area contributed by atoms with Gasteiger partial charge in [-0.15, -0.1) is 0 Å². The van der Waals surface area contributed by atoms with E-state index >= 15 is 0 Å². The molecule has 2 aliphatic heterocycles. The normalized spacial score (nSPS) is 31.8. The first-order valence-electron chi connectivity index (χ1n) is 8.05. The first-order valence-corrected chi connectivity index (χ1v) is 12.1. The summed E-state index contributed by atoms with van der Waals surface area (Å²) in [7, 11) is -6.00. The fraction of sp³-hybridized carbons (Fsp3) is 0.929. The molecule has 0 aromatic carbocycles. The van der Waals surface area contributed by atoms with Gasteiger partial charge in [0.25, 0.3) is 0 Å². The Kier molecular flexibility index (Phi) is 5.62. The molecule has 0 bridgehead atoms. The number of thiocarbonyl (C=S) groups is 1. The first-order chi connectivity index (χ1) is 10.6. The van der Waals surface area contributed by atoms with E-state index in [1.807, 2.05) is 11.8 Å².